The van der Waals surface area contributed by atoms with Crippen LogP contribution in [0, 0.1) is 5.92 Å². The molecular weight excluding hydrogens is 262 g/mol. The van der Waals surface area contributed by atoms with Gasteiger partial charge in [0, 0.05) is 28.9 Å². The van der Waals surface area contributed by atoms with Crippen molar-refractivity contribution in [1.29, 1.82) is 0 Å². The summed E-state index contributed by atoms with van der Waals surface area (Å²) in [5, 5.41) is 21.6. The van der Waals surface area contributed by atoms with Crippen molar-refractivity contribution in [3.63, 3.8) is 0 Å². The van der Waals surface area contributed by atoms with Gasteiger partial charge in [-0.15, -0.1) is 11.3 Å². The van der Waals surface area contributed by atoms with Gasteiger partial charge in [0.25, 0.3) is 0 Å². The van der Waals surface area contributed by atoms with Gasteiger partial charge in [-0.3, -0.25) is 4.79 Å². The van der Waals surface area contributed by atoms with Gasteiger partial charge in [0.2, 0.25) is 0 Å². The Balaban J connectivity index is 1.84. The second-order valence-electron chi connectivity index (χ2n) is 5.15. The number of aliphatic carboxylic acids is 1. The Morgan fingerprint density at radius 3 is 2.79 bits per heavy atom. The average molecular weight is 283 g/mol. The molecule has 2 rings (SSSR count). The first-order chi connectivity index (χ1) is 9.19. The second kappa shape index (κ2) is 7.03. The molecule has 0 aliphatic heterocycles. The highest BCUT2D eigenvalue weighted by molar-refractivity contribution is 7.12. The highest BCUT2D eigenvalue weighted by atomic mass is 32.1. The number of hydrogen-bond donors (Lipinski definition) is 3. The van der Waals surface area contributed by atoms with Gasteiger partial charge in [-0.05, 0) is 30.9 Å². The minimum Gasteiger partial charge on any atom is -0.481 e. The number of carbonyl (C=O) groups is 1. The van der Waals surface area contributed by atoms with Gasteiger partial charge in [0.05, 0.1) is 6.42 Å². The monoisotopic (exact) mass is 283 g/mol. The lowest BCUT2D eigenvalue weighted by atomic mass is 9.85. The number of carboxylic acids is 1. The highest BCUT2D eigenvalue weighted by Gasteiger charge is 2.23. The van der Waals surface area contributed by atoms with Crippen molar-refractivity contribution in [2.24, 2.45) is 5.92 Å². The number of carboxylic acid groups (broad SMARTS) is 1. The van der Waals surface area contributed by atoms with E-state index < -0.39 is 5.97 Å². The van der Waals surface area contributed by atoms with Crippen LogP contribution in [0.3, 0.4) is 0 Å². The lowest BCUT2D eigenvalue weighted by molar-refractivity contribution is -0.136. The zero-order valence-corrected chi connectivity index (χ0v) is 11.8. The fraction of sp³-hybridized carbons (Fsp3) is 0.643. The number of hydrogen-bond acceptors (Lipinski definition) is 4. The Hall–Kier alpha value is -0.910. The van der Waals surface area contributed by atoms with Gasteiger partial charge in [0.15, 0.2) is 0 Å². The van der Waals surface area contributed by atoms with Crippen LogP contribution in [0.25, 0.3) is 0 Å². The van der Waals surface area contributed by atoms with Gasteiger partial charge in [-0.25, -0.2) is 0 Å². The molecule has 0 aromatic carbocycles. The molecule has 1 aliphatic carbocycles. The van der Waals surface area contributed by atoms with E-state index in [1.165, 1.54) is 17.7 Å². The molecule has 0 amide bonds. The summed E-state index contributed by atoms with van der Waals surface area (Å²) in [5.74, 6) is -0.416. The van der Waals surface area contributed by atoms with Crippen molar-refractivity contribution in [2.75, 3.05) is 6.61 Å². The van der Waals surface area contributed by atoms with Crippen LogP contribution in [0.4, 0.5) is 0 Å². The Kier molecular flexibility index (Phi) is 5.36. The van der Waals surface area contributed by atoms with Crippen LogP contribution in [0.15, 0.2) is 12.1 Å². The first kappa shape index (κ1) is 14.5. The number of nitrogens with one attached hydrogen (secondary N) is 1. The zero-order chi connectivity index (χ0) is 13.7. The third-order valence-corrected chi connectivity index (χ3v) is 4.81. The van der Waals surface area contributed by atoms with Crippen molar-refractivity contribution >= 4 is 17.3 Å². The van der Waals surface area contributed by atoms with Gasteiger partial charge in [0.1, 0.15) is 0 Å². The predicted molar refractivity (Wildman–Crippen MR) is 75.3 cm³/mol. The largest absolute Gasteiger partial charge is 0.481 e. The third-order valence-electron chi connectivity index (χ3n) is 3.72. The molecule has 2 atom stereocenters. The van der Waals surface area contributed by atoms with Gasteiger partial charge in [-0.1, -0.05) is 12.8 Å². The smallest absolute Gasteiger partial charge is 0.308 e. The van der Waals surface area contributed by atoms with E-state index in [1.807, 2.05) is 12.1 Å². The Bertz CT molecular complexity index is 419. The summed E-state index contributed by atoms with van der Waals surface area (Å²) in [7, 11) is 0. The van der Waals surface area contributed by atoms with E-state index in [-0.39, 0.29) is 13.0 Å². The third kappa shape index (κ3) is 4.30. The van der Waals surface area contributed by atoms with Crippen LogP contribution in [0.1, 0.15) is 35.4 Å². The maximum absolute atomic E-state index is 10.6. The van der Waals surface area contributed by atoms with E-state index in [9.17, 15) is 9.90 Å². The molecule has 2 unspecified atom stereocenters. The normalized spacial score (nSPS) is 23.4. The second-order valence-corrected chi connectivity index (χ2v) is 6.41. The maximum Gasteiger partial charge on any atom is 0.308 e. The van der Waals surface area contributed by atoms with Gasteiger partial charge < -0.3 is 15.5 Å². The molecule has 0 saturated heterocycles. The molecule has 1 fully saturated rings. The number of aliphatic hydroxyl groups is 1. The molecule has 0 radical (unpaired) electrons. The summed E-state index contributed by atoms with van der Waals surface area (Å²) < 4.78 is 0. The number of aliphatic hydroxyl groups excluding tert-OH is 1. The molecule has 19 heavy (non-hydrogen) atoms. The molecule has 1 aromatic heterocycles. The molecule has 1 aromatic rings. The van der Waals surface area contributed by atoms with Crippen LogP contribution < -0.4 is 5.32 Å². The average Bonchev–Trinajstić information content (AvgIpc) is 2.83. The van der Waals surface area contributed by atoms with Gasteiger partial charge in [-0.2, -0.15) is 0 Å². The van der Waals surface area contributed by atoms with Crippen molar-refractivity contribution in [1.82, 2.24) is 5.32 Å². The molecule has 1 aliphatic rings. The molecular formula is C14H21NO3S. The molecule has 3 N–H and O–H groups in total. The maximum atomic E-state index is 10.6. The topological polar surface area (TPSA) is 69.6 Å². The van der Waals surface area contributed by atoms with Crippen LogP contribution in [0.5, 0.6) is 0 Å². The minimum atomic E-state index is -0.783. The van der Waals surface area contributed by atoms with E-state index in [2.05, 4.69) is 5.32 Å². The SMILES string of the molecule is O=C(O)Cc1ccc(CNC2CCCCC2CO)s1. The van der Waals surface area contributed by atoms with Crippen molar-refractivity contribution in [3.05, 3.63) is 21.9 Å². The van der Waals surface area contributed by atoms with Crippen molar-refractivity contribution in [3.8, 4) is 0 Å². The summed E-state index contributed by atoms with van der Waals surface area (Å²) >= 11 is 1.55. The molecule has 1 saturated carbocycles. The van der Waals surface area contributed by atoms with Crippen LogP contribution in [0.2, 0.25) is 0 Å². The molecule has 106 valence electrons. The summed E-state index contributed by atoms with van der Waals surface area (Å²) in [6, 6.07) is 4.27. The summed E-state index contributed by atoms with van der Waals surface area (Å²) in [4.78, 5) is 12.7. The highest BCUT2D eigenvalue weighted by Crippen LogP contribution is 2.25. The lowest BCUT2D eigenvalue weighted by Gasteiger charge is -2.30. The predicted octanol–water partition coefficient (Wildman–Crippen LogP) is 2.02. The van der Waals surface area contributed by atoms with E-state index in [4.69, 9.17) is 5.11 Å². The van der Waals surface area contributed by atoms with E-state index in [0.717, 1.165) is 24.3 Å². The number of thiophene rings is 1. The summed E-state index contributed by atoms with van der Waals surface area (Å²) in [6.45, 7) is 1.03. The Morgan fingerprint density at radius 2 is 2.05 bits per heavy atom. The zero-order valence-electron chi connectivity index (χ0n) is 11.0. The van der Waals surface area contributed by atoms with E-state index in [0.29, 0.717) is 12.0 Å². The molecule has 0 bridgehead atoms. The lowest BCUT2D eigenvalue weighted by Crippen LogP contribution is -2.39. The standard InChI is InChI=1S/C14H21NO3S/c16-9-10-3-1-2-4-13(10)15-8-12-6-5-11(19-12)7-14(17)18/h5-6,10,13,15-16H,1-4,7-9H2,(H,17,18). The summed E-state index contributed by atoms with van der Waals surface area (Å²) in [5.41, 5.74) is 0. The quantitative estimate of drug-likeness (QED) is 0.747. The summed E-state index contributed by atoms with van der Waals surface area (Å²) in [6.07, 6.45) is 4.77. The first-order valence-corrected chi connectivity index (χ1v) is 7.64. The minimum absolute atomic E-state index is 0.105. The van der Waals surface area contributed by atoms with Crippen molar-refractivity contribution < 1.29 is 15.0 Å². The molecule has 5 heteroatoms. The Labute approximate surface area is 117 Å². The fourth-order valence-corrected chi connectivity index (χ4v) is 3.65. The fourth-order valence-electron chi connectivity index (χ4n) is 2.69. The molecule has 0 spiro atoms. The number of rotatable bonds is 6. The Morgan fingerprint density at radius 1 is 1.32 bits per heavy atom. The van der Waals surface area contributed by atoms with Crippen LogP contribution in [-0.4, -0.2) is 28.8 Å². The van der Waals surface area contributed by atoms with Gasteiger partial charge >= 0.3 is 5.97 Å². The van der Waals surface area contributed by atoms with Crippen molar-refractivity contribution in [2.45, 2.75) is 44.7 Å². The molecule has 4 nitrogen and oxygen atoms in total. The first-order valence-electron chi connectivity index (χ1n) is 6.82. The van der Waals surface area contributed by atoms with E-state index >= 15 is 0 Å². The van der Waals surface area contributed by atoms with Crippen LogP contribution in [-0.2, 0) is 17.8 Å². The molecule has 1 heterocycles. The van der Waals surface area contributed by atoms with Crippen LogP contribution >= 0.6 is 11.3 Å². The van der Waals surface area contributed by atoms with E-state index in [1.54, 1.807) is 11.3 Å².